The van der Waals surface area contributed by atoms with E-state index in [0.717, 1.165) is 17.9 Å². The molecule has 0 spiro atoms. The lowest BCUT2D eigenvalue weighted by atomic mass is 9.78. The third kappa shape index (κ3) is 4.42. The Hall–Kier alpha value is -0.0800. The van der Waals surface area contributed by atoms with E-state index in [4.69, 9.17) is 0 Å². The molecule has 1 aliphatic carbocycles. The van der Waals surface area contributed by atoms with E-state index in [1.165, 1.54) is 32.2 Å². The Bertz CT molecular complexity index is 191. The first kappa shape index (κ1) is 14.0. The molecule has 1 aliphatic rings. The summed E-state index contributed by atoms with van der Waals surface area (Å²) in [6.07, 6.45) is 5.46. The molecule has 0 saturated heterocycles. The summed E-state index contributed by atoms with van der Waals surface area (Å²) in [7, 11) is 4.30. The van der Waals surface area contributed by atoms with E-state index in [-0.39, 0.29) is 0 Å². The van der Waals surface area contributed by atoms with Crippen molar-refractivity contribution in [1.29, 1.82) is 0 Å². The van der Waals surface area contributed by atoms with Crippen molar-refractivity contribution in [3.05, 3.63) is 0 Å². The number of rotatable bonds is 5. The highest BCUT2D eigenvalue weighted by atomic mass is 15.1. The Balaban J connectivity index is 2.29. The van der Waals surface area contributed by atoms with E-state index >= 15 is 0 Å². The molecule has 16 heavy (non-hydrogen) atoms. The smallest absolute Gasteiger partial charge is 0.00977 e. The normalized spacial score (nSPS) is 33.0. The van der Waals surface area contributed by atoms with Crippen molar-refractivity contribution < 1.29 is 0 Å². The number of hydrogen-bond acceptors (Lipinski definition) is 2. The Labute approximate surface area is 102 Å². The van der Waals surface area contributed by atoms with Crippen LogP contribution in [0.2, 0.25) is 0 Å². The van der Waals surface area contributed by atoms with Crippen molar-refractivity contribution >= 4 is 0 Å². The number of nitrogens with zero attached hydrogens (tertiary/aromatic N) is 1. The van der Waals surface area contributed by atoms with Crippen molar-refractivity contribution in [2.24, 2.45) is 11.8 Å². The van der Waals surface area contributed by atoms with Crippen molar-refractivity contribution in [1.82, 2.24) is 10.2 Å². The third-order valence-electron chi connectivity index (χ3n) is 4.21. The average Bonchev–Trinajstić information content (AvgIpc) is 2.22. The fraction of sp³-hybridized carbons (Fsp3) is 1.00. The van der Waals surface area contributed by atoms with Gasteiger partial charge in [-0.3, -0.25) is 0 Å². The summed E-state index contributed by atoms with van der Waals surface area (Å²) < 4.78 is 0. The first-order valence-electron chi connectivity index (χ1n) is 6.91. The molecule has 0 radical (unpaired) electrons. The van der Waals surface area contributed by atoms with Gasteiger partial charge in [0.15, 0.2) is 0 Å². The van der Waals surface area contributed by atoms with Gasteiger partial charge in [0.05, 0.1) is 0 Å². The van der Waals surface area contributed by atoms with E-state index in [0.29, 0.717) is 6.04 Å². The van der Waals surface area contributed by atoms with Gasteiger partial charge < -0.3 is 10.2 Å². The highest BCUT2D eigenvalue weighted by Crippen LogP contribution is 2.29. The van der Waals surface area contributed by atoms with Crippen LogP contribution in [0, 0.1) is 11.8 Å². The Morgan fingerprint density at radius 1 is 1.25 bits per heavy atom. The molecule has 1 fully saturated rings. The van der Waals surface area contributed by atoms with Crippen LogP contribution in [0.3, 0.4) is 0 Å². The predicted molar refractivity (Wildman–Crippen MR) is 71.7 cm³/mol. The highest BCUT2D eigenvalue weighted by molar-refractivity contribution is 4.84. The van der Waals surface area contributed by atoms with Crippen molar-refractivity contribution in [3.8, 4) is 0 Å². The zero-order valence-corrected chi connectivity index (χ0v) is 11.8. The van der Waals surface area contributed by atoms with Crippen LogP contribution in [0.1, 0.15) is 46.5 Å². The Morgan fingerprint density at radius 2 is 1.94 bits per heavy atom. The minimum absolute atomic E-state index is 0.653. The lowest BCUT2D eigenvalue weighted by molar-refractivity contribution is 0.191. The van der Waals surface area contributed by atoms with Crippen LogP contribution in [-0.2, 0) is 0 Å². The standard InChI is InChI=1S/C14H30N2/c1-11-7-6-8-14(13(11)3)15-12(2)9-10-16(4)5/h11-15H,6-10H2,1-5H3. The van der Waals surface area contributed by atoms with Crippen molar-refractivity contribution in [2.45, 2.75) is 58.5 Å². The van der Waals surface area contributed by atoms with Gasteiger partial charge in [-0.15, -0.1) is 0 Å². The second kappa shape index (κ2) is 6.61. The topological polar surface area (TPSA) is 15.3 Å². The molecule has 1 rings (SSSR count). The fourth-order valence-corrected chi connectivity index (χ4v) is 2.72. The molecule has 0 aromatic carbocycles. The van der Waals surface area contributed by atoms with Crippen LogP contribution in [0.5, 0.6) is 0 Å². The minimum Gasteiger partial charge on any atom is -0.311 e. The molecular formula is C14H30N2. The third-order valence-corrected chi connectivity index (χ3v) is 4.21. The molecule has 0 aliphatic heterocycles. The van der Waals surface area contributed by atoms with Crippen molar-refractivity contribution in [2.75, 3.05) is 20.6 Å². The van der Waals surface area contributed by atoms with Gasteiger partial charge in [-0.1, -0.05) is 26.7 Å². The lowest BCUT2D eigenvalue weighted by Crippen LogP contribution is -2.45. The summed E-state index contributed by atoms with van der Waals surface area (Å²) in [5, 5.41) is 3.83. The van der Waals surface area contributed by atoms with Crippen molar-refractivity contribution in [3.63, 3.8) is 0 Å². The lowest BCUT2D eigenvalue weighted by Gasteiger charge is -2.36. The SMILES string of the molecule is CC(CCN(C)C)NC1CCCC(C)C1C. The summed E-state index contributed by atoms with van der Waals surface area (Å²) in [6, 6.07) is 1.40. The Kier molecular flexibility index (Phi) is 5.77. The van der Waals surface area contributed by atoms with Crippen LogP contribution in [-0.4, -0.2) is 37.6 Å². The molecule has 1 N–H and O–H groups in total. The maximum atomic E-state index is 3.83. The summed E-state index contributed by atoms with van der Waals surface area (Å²) in [5.41, 5.74) is 0. The zero-order valence-electron chi connectivity index (χ0n) is 11.8. The molecule has 2 heteroatoms. The van der Waals surface area contributed by atoms with Gasteiger partial charge in [0.25, 0.3) is 0 Å². The van der Waals surface area contributed by atoms with E-state index in [9.17, 15) is 0 Å². The predicted octanol–water partition coefficient (Wildman–Crippen LogP) is 2.74. The second-order valence-corrected chi connectivity index (χ2v) is 6.03. The van der Waals surface area contributed by atoms with Gasteiger partial charge in [-0.2, -0.15) is 0 Å². The summed E-state index contributed by atoms with van der Waals surface area (Å²) in [6.45, 7) is 8.34. The maximum Gasteiger partial charge on any atom is 0.00977 e. The molecule has 0 aromatic rings. The largest absolute Gasteiger partial charge is 0.311 e. The minimum atomic E-state index is 0.653. The fourth-order valence-electron chi connectivity index (χ4n) is 2.72. The summed E-state index contributed by atoms with van der Waals surface area (Å²) in [5.74, 6) is 1.74. The monoisotopic (exact) mass is 226 g/mol. The summed E-state index contributed by atoms with van der Waals surface area (Å²) >= 11 is 0. The van der Waals surface area contributed by atoms with E-state index in [1.807, 2.05) is 0 Å². The van der Waals surface area contributed by atoms with E-state index in [1.54, 1.807) is 0 Å². The van der Waals surface area contributed by atoms with Crippen LogP contribution in [0.25, 0.3) is 0 Å². The zero-order chi connectivity index (χ0) is 12.1. The van der Waals surface area contributed by atoms with Gasteiger partial charge >= 0.3 is 0 Å². The highest BCUT2D eigenvalue weighted by Gasteiger charge is 2.27. The molecule has 0 bridgehead atoms. The molecular weight excluding hydrogens is 196 g/mol. The van der Waals surface area contributed by atoms with Gasteiger partial charge in [0, 0.05) is 12.1 Å². The van der Waals surface area contributed by atoms with Crippen LogP contribution >= 0.6 is 0 Å². The molecule has 96 valence electrons. The van der Waals surface area contributed by atoms with Crippen LogP contribution in [0.15, 0.2) is 0 Å². The summed E-state index contributed by atoms with van der Waals surface area (Å²) in [4.78, 5) is 2.27. The van der Waals surface area contributed by atoms with Crippen LogP contribution < -0.4 is 5.32 Å². The Morgan fingerprint density at radius 3 is 2.56 bits per heavy atom. The van der Waals surface area contributed by atoms with Gasteiger partial charge in [-0.05, 0) is 52.2 Å². The quantitative estimate of drug-likeness (QED) is 0.775. The molecule has 4 atom stereocenters. The van der Waals surface area contributed by atoms with E-state index < -0.39 is 0 Å². The molecule has 2 nitrogen and oxygen atoms in total. The second-order valence-electron chi connectivity index (χ2n) is 6.03. The first-order chi connectivity index (χ1) is 7.50. The number of hydrogen-bond donors (Lipinski definition) is 1. The average molecular weight is 226 g/mol. The van der Waals surface area contributed by atoms with E-state index in [2.05, 4.69) is 45.1 Å². The molecule has 1 saturated carbocycles. The first-order valence-corrected chi connectivity index (χ1v) is 6.91. The molecule has 0 amide bonds. The van der Waals surface area contributed by atoms with Gasteiger partial charge in [0.1, 0.15) is 0 Å². The van der Waals surface area contributed by atoms with Crippen LogP contribution in [0.4, 0.5) is 0 Å². The van der Waals surface area contributed by atoms with Gasteiger partial charge in [0.2, 0.25) is 0 Å². The van der Waals surface area contributed by atoms with Gasteiger partial charge in [-0.25, -0.2) is 0 Å². The molecule has 4 unspecified atom stereocenters. The molecule has 0 aromatic heterocycles. The number of nitrogens with one attached hydrogen (secondary N) is 1. The molecule has 0 heterocycles. The maximum absolute atomic E-state index is 3.83.